The number of aryl methyl sites for hydroxylation is 1. The number of carbonyl (C=O) groups excluding carboxylic acids is 1. The number of hydrogen-bond acceptors (Lipinski definition) is 5. The molecule has 0 unspecified atom stereocenters. The highest BCUT2D eigenvalue weighted by Gasteiger charge is 2.16. The number of para-hydroxylation sites is 1. The first-order valence-corrected chi connectivity index (χ1v) is 6.35. The maximum absolute atomic E-state index is 12.4. The highest BCUT2D eigenvalue weighted by Crippen LogP contribution is 2.18. The van der Waals surface area contributed by atoms with Crippen LogP contribution in [0.2, 0.25) is 0 Å². The van der Waals surface area contributed by atoms with Gasteiger partial charge in [0.25, 0.3) is 11.6 Å². The number of carbonyl (C=O) groups is 1. The first kappa shape index (κ1) is 14.8. The quantitative estimate of drug-likeness (QED) is 0.779. The minimum Gasteiger partial charge on any atom is -0.496 e. The van der Waals surface area contributed by atoms with Crippen LogP contribution in [0.5, 0.6) is 11.8 Å². The van der Waals surface area contributed by atoms with Gasteiger partial charge in [0, 0.05) is 11.8 Å². The number of benzene rings is 1. The maximum Gasteiger partial charge on any atom is 0.299 e. The summed E-state index contributed by atoms with van der Waals surface area (Å²) in [6.07, 6.45) is 0. The molecule has 0 saturated carbocycles. The molecule has 2 rings (SSSR count). The second kappa shape index (κ2) is 6.21. The van der Waals surface area contributed by atoms with E-state index in [1.165, 1.54) is 24.9 Å². The van der Waals surface area contributed by atoms with Crippen molar-refractivity contribution in [2.24, 2.45) is 0 Å². The molecule has 0 aliphatic carbocycles. The molecular formula is C15H16N2O4. The summed E-state index contributed by atoms with van der Waals surface area (Å²) < 4.78 is 11.4. The summed E-state index contributed by atoms with van der Waals surface area (Å²) in [5.41, 5.74) is 0.620. The molecule has 1 heterocycles. The smallest absolute Gasteiger partial charge is 0.299 e. The first-order valence-electron chi connectivity index (χ1n) is 6.35. The summed E-state index contributed by atoms with van der Waals surface area (Å²) in [4.78, 5) is 28.5. The van der Waals surface area contributed by atoms with Gasteiger partial charge in [-0.05, 0) is 19.1 Å². The zero-order valence-electron chi connectivity index (χ0n) is 12.1. The molecule has 0 aliphatic rings. The summed E-state index contributed by atoms with van der Waals surface area (Å²) in [6.45, 7) is 1.53. The molecule has 2 aromatic rings. The Bertz CT molecular complexity index is 722. The van der Waals surface area contributed by atoms with Gasteiger partial charge in [-0.1, -0.05) is 12.1 Å². The fourth-order valence-corrected chi connectivity index (χ4v) is 2.00. The van der Waals surface area contributed by atoms with Gasteiger partial charge in [-0.25, -0.2) is 4.98 Å². The second-order valence-electron chi connectivity index (χ2n) is 4.43. The van der Waals surface area contributed by atoms with Gasteiger partial charge in [0.2, 0.25) is 0 Å². The predicted molar refractivity (Wildman–Crippen MR) is 77.1 cm³/mol. The van der Waals surface area contributed by atoms with E-state index in [0.29, 0.717) is 17.0 Å². The van der Waals surface area contributed by atoms with Crippen molar-refractivity contribution < 1.29 is 14.3 Å². The minimum absolute atomic E-state index is 0.114. The Morgan fingerprint density at radius 1 is 1.24 bits per heavy atom. The van der Waals surface area contributed by atoms with Crippen molar-refractivity contribution in [1.29, 1.82) is 0 Å². The lowest BCUT2D eigenvalue weighted by Gasteiger charge is -2.11. The third kappa shape index (κ3) is 3.10. The third-order valence-corrected chi connectivity index (χ3v) is 2.99. The zero-order valence-corrected chi connectivity index (χ0v) is 12.1. The number of rotatable bonds is 5. The van der Waals surface area contributed by atoms with Gasteiger partial charge in [0.05, 0.1) is 26.3 Å². The molecule has 6 nitrogen and oxygen atoms in total. The van der Waals surface area contributed by atoms with Crippen LogP contribution in [0.3, 0.4) is 0 Å². The van der Waals surface area contributed by atoms with Crippen LogP contribution >= 0.6 is 0 Å². The standard InChI is InChI=1S/C15H16N2O4/c1-10-8-14(19)17(15(16-10)21-3)9-12(18)11-6-4-5-7-13(11)20-2/h4-8H,9H2,1-3H3. The highest BCUT2D eigenvalue weighted by atomic mass is 16.5. The van der Waals surface area contributed by atoms with Gasteiger partial charge >= 0.3 is 0 Å². The number of Topliss-reactive ketones (excluding diaryl/α,β-unsaturated/α-hetero) is 1. The van der Waals surface area contributed by atoms with Crippen LogP contribution in [0.25, 0.3) is 0 Å². The Labute approximate surface area is 122 Å². The molecule has 0 saturated heterocycles. The van der Waals surface area contributed by atoms with Crippen molar-refractivity contribution in [3.05, 3.63) is 51.9 Å². The number of ether oxygens (including phenoxy) is 2. The van der Waals surface area contributed by atoms with Crippen LogP contribution in [-0.4, -0.2) is 29.6 Å². The average Bonchev–Trinajstić information content (AvgIpc) is 2.49. The number of ketones is 1. The Morgan fingerprint density at radius 2 is 1.95 bits per heavy atom. The van der Waals surface area contributed by atoms with Crippen molar-refractivity contribution in [2.75, 3.05) is 14.2 Å². The number of aromatic nitrogens is 2. The molecule has 0 spiro atoms. The van der Waals surface area contributed by atoms with E-state index in [9.17, 15) is 9.59 Å². The SMILES string of the molecule is COc1ccccc1C(=O)Cn1c(OC)nc(C)cc1=O. The van der Waals surface area contributed by atoms with Crippen LogP contribution in [0.4, 0.5) is 0 Å². The fourth-order valence-electron chi connectivity index (χ4n) is 2.00. The third-order valence-electron chi connectivity index (χ3n) is 2.99. The normalized spacial score (nSPS) is 10.2. The number of nitrogens with zero attached hydrogens (tertiary/aromatic N) is 2. The molecular weight excluding hydrogens is 272 g/mol. The average molecular weight is 288 g/mol. The lowest BCUT2D eigenvalue weighted by molar-refractivity contribution is 0.0963. The Hall–Kier alpha value is -2.63. The van der Waals surface area contributed by atoms with Crippen LogP contribution in [0.1, 0.15) is 16.1 Å². The highest BCUT2D eigenvalue weighted by molar-refractivity contribution is 5.98. The topological polar surface area (TPSA) is 70.4 Å². The van der Waals surface area contributed by atoms with Crippen LogP contribution in [-0.2, 0) is 6.54 Å². The molecule has 0 atom stereocenters. The van der Waals surface area contributed by atoms with Gasteiger partial charge in [-0.2, -0.15) is 0 Å². The molecule has 0 radical (unpaired) electrons. The second-order valence-corrected chi connectivity index (χ2v) is 4.43. The fraction of sp³-hybridized carbons (Fsp3) is 0.267. The van der Waals surface area contributed by atoms with Gasteiger partial charge in [0.15, 0.2) is 5.78 Å². The maximum atomic E-state index is 12.4. The van der Waals surface area contributed by atoms with E-state index in [0.717, 1.165) is 0 Å². The van der Waals surface area contributed by atoms with Crippen molar-refractivity contribution in [1.82, 2.24) is 9.55 Å². The summed E-state index contributed by atoms with van der Waals surface area (Å²) in [5, 5.41) is 0. The van der Waals surface area contributed by atoms with Gasteiger partial charge in [0.1, 0.15) is 5.75 Å². The van der Waals surface area contributed by atoms with Crippen molar-refractivity contribution in [3.8, 4) is 11.8 Å². The molecule has 0 bridgehead atoms. The zero-order chi connectivity index (χ0) is 15.4. The Morgan fingerprint density at radius 3 is 2.62 bits per heavy atom. The number of hydrogen-bond donors (Lipinski definition) is 0. The van der Waals surface area contributed by atoms with E-state index in [1.807, 2.05) is 0 Å². The van der Waals surface area contributed by atoms with Crippen LogP contribution in [0, 0.1) is 6.92 Å². The molecule has 0 aliphatic heterocycles. The van der Waals surface area contributed by atoms with Crippen molar-refractivity contribution in [2.45, 2.75) is 13.5 Å². The molecule has 0 fully saturated rings. The predicted octanol–water partition coefficient (Wildman–Crippen LogP) is 1.45. The van der Waals surface area contributed by atoms with Gasteiger partial charge in [-0.15, -0.1) is 0 Å². The van der Waals surface area contributed by atoms with E-state index < -0.39 is 0 Å². The molecule has 21 heavy (non-hydrogen) atoms. The van der Waals surface area contributed by atoms with E-state index in [2.05, 4.69) is 4.98 Å². The molecule has 6 heteroatoms. The molecule has 0 amide bonds. The summed E-state index contributed by atoms with van der Waals surface area (Å²) in [6, 6.07) is 8.33. The lowest BCUT2D eigenvalue weighted by atomic mass is 10.1. The molecule has 1 aromatic heterocycles. The molecule has 0 N–H and O–H groups in total. The molecule has 1 aromatic carbocycles. The molecule has 110 valence electrons. The monoisotopic (exact) mass is 288 g/mol. The summed E-state index contributed by atoms with van der Waals surface area (Å²) in [5.74, 6) is 0.216. The Balaban J connectivity index is 2.38. The van der Waals surface area contributed by atoms with Gasteiger partial charge in [-0.3, -0.25) is 14.2 Å². The lowest BCUT2D eigenvalue weighted by Crippen LogP contribution is -2.26. The minimum atomic E-state index is -0.331. The van der Waals surface area contributed by atoms with Gasteiger partial charge < -0.3 is 9.47 Å². The largest absolute Gasteiger partial charge is 0.496 e. The summed E-state index contributed by atoms with van der Waals surface area (Å²) in [7, 11) is 2.90. The van der Waals surface area contributed by atoms with E-state index in [4.69, 9.17) is 9.47 Å². The van der Waals surface area contributed by atoms with E-state index >= 15 is 0 Å². The van der Waals surface area contributed by atoms with Crippen LogP contribution in [0.15, 0.2) is 35.1 Å². The van der Waals surface area contributed by atoms with Crippen molar-refractivity contribution >= 4 is 5.78 Å². The summed E-state index contributed by atoms with van der Waals surface area (Å²) >= 11 is 0. The number of methoxy groups -OCH3 is 2. The first-order chi connectivity index (χ1) is 10.1. The Kier molecular flexibility index (Phi) is 4.37. The van der Waals surface area contributed by atoms with E-state index in [1.54, 1.807) is 31.2 Å². The van der Waals surface area contributed by atoms with Crippen LogP contribution < -0.4 is 15.0 Å². The van der Waals surface area contributed by atoms with Crippen molar-refractivity contribution in [3.63, 3.8) is 0 Å². The van der Waals surface area contributed by atoms with E-state index in [-0.39, 0.29) is 23.9 Å².